The number of hydrogen-bond acceptors (Lipinski definition) is 1. The molecule has 1 spiro atoms. The summed E-state index contributed by atoms with van der Waals surface area (Å²) in [7, 11) is 0. The minimum Gasteiger partial charge on any atom is -0.493 e. The molecule has 1 heteroatoms. The van der Waals surface area contributed by atoms with E-state index in [-0.39, 0.29) is 0 Å². The van der Waals surface area contributed by atoms with Crippen LogP contribution >= 0.6 is 0 Å². The molecule has 2 aromatic rings. The average Bonchev–Trinajstić information content (AvgIpc) is 3.20. The molecule has 1 saturated carbocycles. The molecule has 0 atom stereocenters. The van der Waals surface area contributed by atoms with Crippen molar-refractivity contribution in [3.05, 3.63) is 42.0 Å². The second-order valence-corrected chi connectivity index (χ2v) is 6.10. The van der Waals surface area contributed by atoms with Gasteiger partial charge in [0, 0.05) is 5.56 Å². The van der Waals surface area contributed by atoms with Crippen molar-refractivity contribution < 1.29 is 4.74 Å². The van der Waals surface area contributed by atoms with Gasteiger partial charge in [0.2, 0.25) is 0 Å². The van der Waals surface area contributed by atoms with Crippen LogP contribution < -0.4 is 4.74 Å². The molecule has 0 unspecified atom stereocenters. The van der Waals surface area contributed by atoms with Crippen LogP contribution in [0.5, 0.6) is 5.75 Å². The standard InChI is InChI=1S/C18H20O/c1-4-10-18(11-12-18)17-15-7-3-2-6-14(15)8-9-16(17)19-13-5-1/h2-3,6-9H,1,4-5,10-13H2. The van der Waals surface area contributed by atoms with Crippen molar-refractivity contribution >= 4 is 10.8 Å². The van der Waals surface area contributed by atoms with E-state index < -0.39 is 0 Å². The van der Waals surface area contributed by atoms with Gasteiger partial charge < -0.3 is 4.74 Å². The Bertz CT molecular complexity index is 610. The summed E-state index contributed by atoms with van der Waals surface area (Å²) in [5.74, 6) is 1.15. The average molecular weight is 252 g/mol. The van der Waals surface area contributed by atoms with Crippen molar-refractivity contribution in [3.63, 3.8) is 0 Å². The molecule has 0 saturated heterocycles. The van der Waals surface area contributed by atoms with E-state index in [1.165, 1.54) is 54.9 Å². The predicted molar refractivity (Wildman–Crippen MR) is 78.8 cm³/mol. The highest BCUT2D eigenvalue weighted by Gasteiger charge is 2.46. The lowest BCUT2D eigenvalue weighted by molar-refractivity contribution is 0.306. The number of hydrogen-bond donors (Lipinski definition) is 0. The lowest BCUT2D eigenvalue weighted by atomic mass is 9.86. The molecule has 0 amide bonds. The predicted octanol–water partition coefficient (Wildman–Crippen LogP) is 4.82. The highest BCUT2D eigenvalue weighted by molar-refractivity contribution is 5.89. The van der Waals surface area contributed by atoms with Crippen LogP contribution in [0, 0.1) is 0 Å². The van der Waals surface area contributed by atoms with Gasteiger partial charge in [-0.05, 0) is 47.9 Å². The van der Waals surface area contributed by atoms with E-state index in [1.54, 1.807) is 0 Å². The molecular weight excluding hydrogens is 232 g/mol. The van der Waals surface area contributed by atoms with Gasteiger partial charge in [0.25, 0.3) is 0 Å². The fraction of sp³-hybridized carbons (Fsp3) is 0.444. The summed E-state index contributed by atoms with van der Waals surface area (Å²) < 4.78 is 6.09. The first-order valence-corrected chi connectivity index (χ1v) is 7.54. The molecule has 0 aromatic heterocycles. The molecule has 2 aliphatic rings. The SMILES string of the molecule is c1ccc2c3c(ccc2c1)OCCCCCC31CC1. The Hall–Kier alpha value is -1.50. The third-order valence-electron chi connectivity index (χ3n) is 4.83. The molecule has 19 heavy (non-hydrogen) atoms. The van der Waals surface area contributed by atoms with E-state index >= 15 is 0 Å². The van der Waals surface area contributed by atoms with E-state index in [0.29, 0.717) is 5.41 Å². The van der Waals surface area contributed by atoms with Gasteiger partial charge in [0.1, 0.15) is 5.75 Å². The van der Waals surface area contributed by atoms with Gasteiger partial charge in [-0.3, -0.25) is 0 Å². The summed E-state index contributed by atoms with van der Waals surface area (Å²) in [5, 5.41) is 2.77. The highest BCUT2D eigenvalue weighted by Crippen LogP contribution is 2.57. The topological polar surface area (TPSA) is 9.23 Å². The first kappa shape index (κ1) is 11.3. The second kappa shape index (κ2) is 4.26. The van der Waals surface area contributed by atoms with Crippen molar-refractivity contribution in [3.8, 4) is 5.75 Å². The summed E-state index contributed by atoms with van der Waals surface area (Å²) in [6.07, 6.45) is 7.90. The minimum atomic E-state index is 0.431. The molecule has 0 radical (unpaired) electrons. The summed E-state index contributed by atoms with van der Waals surface area (Å²) in [6, 6.07) is 13.2. The van der Waals surface area contributed by atoms with Crippen molar-refractivity contribution in [1.82, 2.24) is 0 Å². The highest BCUT2D eigenvalue weighted by atomic mass is 16.5. The smallest absolute Gasteiger partial charge is 0.123 e. The summed E-state index contributed by atoms with van der Waals surface area (Å²) in [6.45, 7) is 0.876. The first-order valence-electron chi connectivity index (χ1n) is 7.54. The molecule has 1 heterocycles. The van der Waals surface area contributed by atoms with Crippen LogP contribution in [0.1, 0.15) is 44.1 Å². The minimum absolute atomic E-state index is 0.431. The quantitative estimate of drug-likeness (QED) is 0.653. The molecule has 1 aliphatic carbocycles. The van der Waals surface area contributed by atoms with Crippen LogP contribution in [0.25, 0.3) is 10.8 Å². The fourth-order valence-electron chi connectivity index (χ4n) is 3.62. The van der Waals surface area contributed by atoms with Crippen LogP contribution in [0.3, 0.4) is 0 Å². The van der Waals surface area contributed by atoms with Gasteiger partial charge in [0.05, 0.1) is 6.61 Å². The van der Waals surface area contributed by atoms with E-state index in [4.69, 9.17) is 4.74 Å². The monoisotopic (exact) mass is 252 g/mol. The number of fused-ring (bicyclic) bond motifs is 4. The van der Waals surface area contributed by atoms with E-state index in [2.05, 4.69) is 36.4 Å². The van der Waals surface area contributed by atoms with E-state index in [9.17, 15) is 0 Å². The molecule has 1 aliphatic heterocycles. The van der Waals surface area contributed by atoms with Crippen molar-refractivity contribution in [1.29, 1.82) is 0 Å². The molecule has 98 valence electrons. The lowest BCUT2D eigenvalue weighted by Gasteiger charge is -2.20. The second-order valence-electron chi connectivity index (χ2n) is 6.10. The van der Waals surface area contributed by atoms with Crippen molar-refractivity contribution in [2.24, 2.45) is 0 Å². The van der Waals surface area contributed by atoms with Gasteiger partial charge in [-0.1, -0.05) is 43.2 Å². The summed E-state index contributed by atoms with van der Waals surface area (Å²) >= 11 is 0. The fourth-order valence-corrected chi connectivity index (χ4v) is 3.62. The van der Waals surface area contributed by atoms with Gasteiger partial charge >= 0.3 is 0 Å². The Balaban J connectivity index is 1.96. The Labute approximate surface area is 114 Å². The molecule has 1 fully saturated rings. The molecular formula is C18H20O. The maximum Gasteiger partial charge on any atom is 0.123 e. The molecule has 4 rings (SSSR count). The zero-order chi connectivity index (χ0) is 12.7. The van der Waals surface area contributed by atoms with Crippen LogP contribution in [0.2, 0.25) is 0 Å². The third kappa shape index (κ3) is 1.83. The van der Waals surface area contributed by atoms with Crippen LogP contribution in [0.4, 0.5) is 0 Å². The number of benzene rings is 2. The van der Waals surface area contributed by atoms with Crippen LogP contribution in [-0.4, -0.2) is 6.61 Å². The van der Waals surface area contributed by atoms with Gasteiger partial charge in [0.15, 0.2) is 0 Å². The summed E-state index contributed by atoms with van der Waals surface area (Å²) in [5.41, 5.74) is 1.94. The lowest BCUT2D eigenvalue weighted by Crippen LogP contribution is -2.09. The Morgan fingerprint density at radius 3 is 2.63 bits per heavy atom. The molecule has 0 bridgehead atoms. The van der Waals surface area contributed by atoms with Crippen molar-refractivity contribution in [2.75, 3.05) is 6.61 Å². The molecule has 0 N–H and O–H groups in total. The Kier molecular flexibility index (Phi) is 2.54. The van der Waals surface area contributed by atoms with E-state index in [0.717, 1.165) is 12.4 Å². The Morgan fingerprint density at radius 2 is 1.74 bits per heavy atom. The van der Waals surface area contributed by atoms with Crippen LogP contribution in [0.15, 0.2) is 36.4 Å². The van der Waals surface area contributed by atoms with Crippen LogP contribution in [-0.2, 0) is 5.41 Å². The van der Waals surface area contributed by atoms with Gasteiger partial charge in [-0.25, -0.2) is 0 Å². The Morgan fingerprint density at radius 1 is 0.842 bits per heavy atom. The zero-order valence-electron chi connectivity index (χ0n) is 11.3. The normalized spacial score (nSPS) is 21.1. The van der Waals surface area contributed by atoms with Gasteiger partial charge in [-0.15, -0.1) is 0 Å². The molecule has 1 nitrogen and oxygen atoms in total. The number of ether oxygens (including phenoxy) is 1. The van der Waals surface area contributed by atoms with Gasteiger partial charge in [-0.2, -0.15) is 0 Å². The zero-order valence-corrected chi connectivity index (χ0v) is 11.3. The maximum absolute atomic E-state index is 6.09. The largest absolute Gasteiger partial charge is 0.493 e. The molecule has 2 aromatic carbocycles. The third-order valence-corrected chi connectivity index (χ3v) is 4.83. The first-order chi connectivity index (χ1) is 9.39. The summed E-state index contributed by atoms with van der Waals surface area (Å²) in [4.78, 5) is 0. The number of rotatable bonds is 0. The van der Waals surface area contributed by atoms with E-state index in [1.807, 2.05) is 0 Å². The van der Waals surface area contributed by atoms with Crippen molar-refractivity contribution in [2.45, 2.75) is 43.9 Å². The maximum atomic E-state index is 6.09.